The Bertz CT molecular complexity index is 970. The van der Waals surface area contributed by atoms with E-state index in [1.807, 2.05) is 27.7 Å². The summed E-state index contributed by atoms with van der Waals surface area (Å²) in [5.74, 6) is 1.36. The maximum Gasteiger partial charge on any atom is 0.322 e. The monoisotopic (exact) mass is 415 g/mol. The topological polar surface area (TPSA) is 114 Å². The average Bonchev–Trinajstić information content (AvgIpc) is 3.40. The van der Waals surface area contributed by atoms with E-state index in [2.05, 4.69) is 20.6 Å². The molecule has 1 N–H and O–H groups in total. The van der Waals surface area contributed by atoms with Crippen molar-refractivity contribution in [1.29, 1.82) is 0 Å². The average molecular weight is 415 g/mol. The minimum Gasteiger partial charge on any atom is -0.490 e. The summed E-state index contributed by atoms with van der Waals surface area (Å²) < 4.78 is 24.3. The van der Waals surface area contributed by atoms with E-state index < -0.39 is 0 Å². The number of carbonyl (C=O) groups excluding carboxylic acids is 1. The van der Waals surface area contributed by atoms with Crippen molar-refractivity contribution in [3.8, 4) is 28.7 Å². The number of benzene rings is 1. The van der Waals surface area contributed by atoms with Crippen LogP contribution in [0, 0.1) is 0 Å². The maximum atomic E-state index is 12.4. The Labute approximate surface area is 174 Å². The van der Waals surface area contributed by atoms with E-state index >= 15 is 0 Å². The molecule has 0 radical (unpaired) electrons. The molecule has 0 atom stereocenters. The summed E-state index contributed by atoms with van der Waals surface area (Å²) in [6, 6.07) is 5.07. The second kappa shape index (κ2) is 9.77. The highest BCUT2D eigenvalue weighted by atomic mass is 16.5. The van der Waals surface area contributed by atoms with Gasteiger partial charge in [0.05, 0.1) is 19.8 Å². The molecule has 0 spiro atoms. The lowest BCUT2D eigenvalue weighted by molar-refractivity contribution is 0.101. The Kier molecular flexibility index (Phi) is 6.89. The molecule has 160 valence electrons. The molecule has 2 heterocycles. The summed E-state index contributed by atoms with van der Waals surface area (Å²) in [7, 11) is 0. The number of amides is 1. The lowest BCUT2D eigenvalue weighted by Crippen LogP contribution is -2.17. The number of hydrogen-bond acceptors (Lipinski definition) is 8. The van der Waals surface area contributed by atoms with E-state index in [-0.39, 0.29) is 17.8 Å². The fourth-order valence-electron chi connectivity index (χ4n) is 2.84. The molecular weight excluding hydrogens is 390 g/mol. The van der Waals surface area contributed by atoms with Crippen molar-refractivity contribution in [2.75, 3.05) is 25.1 Å². The van der Waals surface area contributed by atoms with Gasteiger partial charge in [0.1, 0.15) is 5.69 Å². The van der Waals surface area contributed by atoms with Crippen LogP contribution >= 0.6 is 0 Å². The zero-order valence-electron chi connectivity index (χ0n) is 17.5. The maximum absolute atomic E-state index is 12.4. The van der Waals surface area contributed by atoms with Crippen molar-refractivity contribution in [3.63, 3.8) is 0 Å². The number of aryl methyl sites for hydroxylation is 1. The molecule has 2 aromatic heterocycles. The summed E-state index contributed by atoms with van der Waals surface area (Å²) in [5, 5.41) is 14.6. The van der Waals surface area contributed by atoms with Crippen LogP contribution in [0.25, 0.3) is 11.5 Å². The Morgan fingerprint density at radius 3 is 2.30 bits per heavy atom. The standard InChI is InChI=1S/C20H25N5O5/c1-5-25-14(9-10-21-25)18(26)22-20-24-23-19(30-20)13-11-15(27-6-2)17(29-8-4)16(12-13)28-7-3/h9-12H,5-8H2,1-4H3,(H,22,24,26). The van der Waals surface area contributed by atoms with Crippen LogP contribution in [0.1, 0.15) is 38.2 Å². The van der Waals surface area contributed by atoms with Gasteiger partial charge in [0, 0.05) is 18.3 Å². The highest BCUT2D eigenvalue weighted by molar-refractivity contribution is 6.01. The van der Waals surface area contributed by atoms with Gasteiger partial charge in [0.15, 0.2) is 11.5 Å². The van der Waals surface area contributed by atoms with Crippen molar-refractivity contribution in [1.82, 2.24) is 20.0 Å². The molecule has 3 aromatic rings. The number of carbonyl (C=O) groups is 1. The van der Waals surface area contributed by atoms with Crippen molar-refractivity contribution < 1.29 is 23.4 Å². The molecule has 0 saturated carbocycles. The van der Waals surface area contributed by atoms with Crippen LogP contribution in [0.5, 0.6) is 17.2 Å². The number of hydrogen-bond donors (Lipinski definition) is 1. The third-order valence-corrected chi connectivity index (χ3v) is 4.05. The third-order valence-electron chi connectivity index (χ3n) is 4.05. The van der Waals surface area contributed by atoms with Gasteiger partial charge in [-0.2, -0.15) is 5.10 Å². The summed E-state index contributed by atoms with van der Waals surface area (Å²) in [6.07, 6.45) is 1.56. The Morgan fingerprint density at radius 2 is 1.70 bits per heavy atom. The first-order valence-corrected chi connectivity index (χ1v) is 9.84. The number of ether oxygens (including phenoxy) is 3. The molecular formula is C20H25N5O5. The molecule has 0 bridgehead atoms. The first kappa shape index (κ1) is 21.2. The SMILES string of the molecule is CCOc1cc(-c2nnc(NC(=O)c3ccnn3CC)o2)cc(OCC)c1OCC. The molecule has 30 heavy (non-hydrogen) atoms. The lowest BCUT2D eigenvalue weighted by Gasteiger charge is -2.16. The lowest BCUT2D eigenvalue weighted by atomic mass is 10.2. The van der Waals surface area contributed by atoms with Crippen LogP contribution in [0.15, 0.2) is 28.8 Å². The van der Waals surface area contributed by atoms with Gasteiger partial charge in [-0.05, 0) is 45.9 Å². The van der Waals surface area contributed by atoms with Crippen LogP contribution in [0.4, 0.5) is 6.01 Å². The van der Waals surface area contributed by atoms with Gasteiger partial charge in [-0.15, -0.1) is 5.10 Å². The minimum absolute atomic E-state index is 0.0244. The molecule has 3 rings (SSSR count). The van der Waals surface area contributed by atoms with E-state index in [4.69, 9.17) is 18.6 Å². The zero-order valence-corrected chi connectivity index (χ0v) is 17.5. The second-order valence-electron chi connectivity index (χ2n) is 6.00. The Balaban J connectivity index is 1.89. The molecule has 0 unspecified atom stereocenters. The van der Waals surface area contributed by atoms with Crippen LogP contribution in [0.3, 0.4) is 0 Å². The van der Waals surface area contributed by atoms with Gasteiger partial charge in [0.25, 0.3) is 5.91 Å². The summed E-state index contributed by atoms with van der Waals surface area (Å²) in [4.78, 5) is 12.4. The molecule has 0 aliphatic heterocycles. The number of nitrogens with one attached hydrogen (secondary N) is 1. The molecule has 10 heteroatoms. The Morgan fingerprint density at radius 1 is 1.03 bits per heavy atom. The predicted molar refractivity (Wildman–Crippen MR) is 109 cm³/mol. The second-order valence-corrected chi connectivity index (χ2v) is 6.00. The van der Waals surface area contributed by atoms with E-state index in [1.165, 1.54) is 0 Å². The van der Waals surface area contributed by atoms with Crippen molar-refractivity contribution in [2.24, 2.45) is 0 Å². The molecule has 0 saturated heterocycles. The number of anilines is 1. The summed E-state index contributed by atoms with van der Waals surface area (Å²) >= 11 is 0. The molecule has 0 fully saturated rings. The highest BCUT2D eigenvalue weighted by Gasteiger charge is 2.20. The first-order chi connectivity index (χ1) is 14.6. The van der Waals surface area contributed by atoms with Crippen LogP contribution in [-0.2, 0) is 6.54 Å². The van der Waals surface area contributed by atoms with Gasteiger partial charge in [0.2, 0.25) is 11.6 Å². The van der Waals surface area contributed by atoms with E-state index in [0.717, 1.165) is 0 Å². The summed E-state index contributed by atoms with van der Waals surface area (Å²) in [5.41, 5.74) is 0.979. The third kappa shape index (κ3) is 4.53. The van der Waals surface area contributed by atoms with Gasteiger partial charge < -0.3 is 18.6 Å². The van der Waals surface area contributed by atoms with Crippen LogP contribution < -0.4 is 19.5 Å². The van der Waals surface area contributed by atoms with E-state index in [9.17, 15) is 4.79 Å². The van der Waals surface area contributed by atoms with Gasteiger partial charge >= 0.3 is 6.01 Å². The van der Waals surface area contributed by atoms with Gasteiger partial charge in [-0.1, -0.05) is 5.10 Å². The predicted octanol–water partition coefficient (Wildman–Crippen LogP) is 3.40. The number of aromatic nitrogens is 4. The van der Waals surface area contributed by atoms with Crippen molar-refractivity contribution in [2.45, 2.75) is 34.2 Å². The van der Waals surface area contributed by atoms with Crippen molar-refractivity contribution >= 4 is 11.9 Å². The molecule has 1 aromatic carbocycles. The number of nitrogens with zero attached hydrogens (tertiary/aromatic N) is 4. The fraction of sp³-hybridized carbons (Fsp3) is 0.400. The normalized spacial score (nSPS) is 10.7. The zero-order chi connectivity index (χ0) is 21.5. The molecule has 1 amide bonds. The number of rotatable bonds is 10. The summed E-state index contributed by atoms with van der Waals surface area (Å²) in [6.45, 7) is 9.47. The Hall–Kier alpha value is -3.56. The van der Waals surface area contributed by atoms with Crippen molar-refractivity contribution in [3.05, 3.63) is 30.1 Å². The fourth-order valence-corrected chi connectivity index (χ4v) is 2.84. The van der Waals surface area contributed by atoms with Crippen LogP contribution in [-0.4, -0.2) is 45.7 Å². The molecule has 0 aliphatic rings. The smallest absolute Gasteiger partial charge is 0.322 e. The van der Waals surface area contributed by atoms with Crippen LogP contribution in [0.2, 0.25) is 0 Å². The molecule has 0 aliphatic carbocycles. The molecule has 10 nitrogen and oxygen atoms in total. The van der Waals surface area contributed by atoms with E-state index in [0.29, 0.717) is 54.9 Å². The first-order valence-electron chi connectivity index (χ1n) is 9.84. The van der Waals surface area contributed by atoms with E-state index in [1.54, 1.807) is 29.1 Å². The minimum atomic E-state index is -0.388. The quantitative estimate of drug-likeness (QED) is 0.536. The van der Waals surface area contributed by atoms with Gasteiger partial charge in [-0.3, -0.25) is 14.8 Å². The largest absolute Gasteiger partial charge is 0.490 e. The highest BCUT2D eigenvalue weighted by Crippen LogP contribution is 2.41. The van der Waals surface area contributed by atoms with Gasteiger partial charge in [-0.25, -0.2) is 0 Å².